The average Bonchev–Trinajstić information content (AvgIpc) is 2.87. The fraction of sp³-hybridized carbons (Fsp3) is 0.550. The highest BCUT2D eigenvalue weighted by molar-refractivity contribution is 7.92. The Morgan fingerprint density at radius 3 is 2.20 bits per heavy atom. The number of rotatable bonds is 9. The average molecular weight is 364 g/mol. The summed E-state index contributed by atoms with van der Waals surface area (Å²) in [6.45, 7) is 5.83. The van der Waals surface area contributed by atoms with Gasteiger partial charge in [0.1, 0.15) is 0 Å². The molecule has 1 unspecified atom stereocenters. The lowest BCUT2D eigenvalue weighted by Gasteiger charge is -2.17. The van der Waals surface area contributed by atoms with Crippen LogP contribution in [-0.2, 0) is 14.6 Å². The molecule has 1 aromatic rings. The molecule has 0 aromatic heterocycles. The first-order valence-corrected chi connectivity index (χ1v) is 10.7. The van der Waals surface area contributed by atoms with Crippen LogP contribution in [0.15, 0.2) is 40.3 Å². The molecule has 1 aliphatic heterocycles. The predicted octanol–water partition coefficient (Wildman–Crippen LogP) is 4.29. The Morgan fingerprint density at radius 1 is 0.960 bits per heavy atom. The van der Waals surface area contributed by atoms with E-state index in [1.165, 1.54) is 19.3 Å². The van der Waals surface area contributed by atoms with Gasteiger partial charge in [0, 0.05) is 5.57 Å². The van der Waals surface area contributed by atoms with Crippen LogP contribution in [-0.4, -0.2) is 19.7 Å². The largest absolute Gasteiger partial charge is 0.332 e. The number of carbonyl (C=O) groups is 1. The lowest BCUT2D eigenvalue weighted by molar-refractivity contribution is -0.116. The Morgan fingerprint density at radius 2 is 1.56 bits per heavy atom. The van der Waals surface area contributed by atoms with E-state index in [0.29, 0.717) is 12.0 Å². The second-order valence-corrected chi connectivity index (χ2v) is 8.91. The quantitative estimate of drug-likeness (QED) is 0.666. The Hall–Kier alpha value is -1.62. The molecule has 0 saturated carbocycles. The van der Waals surface area contributed by atoms with Crippen LogP contribution < -0.4 is 5.32 Å². The SMILES string of the molecule is CCCCCCCCC1=C(C)C(=O)NC1S(=O)(=O)c1ccc(C)cc1. The second-order valence-electron chi connectivity index (χ2n) is 6.88. The lowest BCUT2D eigenvalue weighted by atomic mass is 10.0. The summed E-state index contributed by atoms with van der Waals surface area (Å²) < 4.78 is 25.9. The van der Waals surface area contributed by atoms with Gasteiger partial charge in [-0.05, 0) is 44.4 Å². The van der Waals surface area contributed by atoms with Crippen molar-refractivity contribution in [1.82, 2.24) is 5.32 Å². The van der Waals surface area contributed by atoms with Gasteiger partial charge in [0.2, 0.25) is 15.7 Å². The summed E-state index contributed by atoms with van der Waals surface area (Å²) in [5.41, 5.74) is 2.31. The molecule has 1 atom stereocenters. The molecule has 0 radical (unpaired) electrons. The van der Waals surface area contributed by atoms with Crippen LogP contribution >= 0.6 is 0 Å². The van der Waals surface area contributed by atoms with Crippen LogP contribution in [0.3, 0.4) is 0 Å². The summed E-state index contributed by atoms with van der Waals surface area (Å²) in [7, 11) is -3.61. The zero-order valence-electron chi connectivity index (χ0n) is 15.5. The van der Waals surface area contributed by atoms with Crippen LogP contribution in [0.1, 0.15) is 64.4 Å². The molecule has 0 saturated heterocycles. The molecule has 4 nitrogen and oxygen atoms in total. The summed E-state index contributed by atoms with van der Waals surface area (Å²) in [5, 5.41) is 1.75. The van der Waals surface area contributed by atoms with Crippen LogP contribution in [0, 0.1) is 6.92 Å². The van der Waals surface area contributed by atoms with Crippen molar-refractivity contribution >= 4 is 15.7 Å². The molecule has 0 fully saturated rings. The summed E-state index contributed by atoms with van der Waals surface area (Å²) >= 11 is 0. The van der Waals surface area contributed by atoms with Crippen molar-refractivity contribution in [3.05, 3.63) is 41.0 Å². The van der Waals surface area contributed by atoms with Gasteiger partial charge in [-0.15, -0.1) is 0 Å². The molecule has 1 N–H and O–H groups in total. The Balaban J connectivity index is 2.11. The Bertz CT molecular complexity index is 733. The molecule has 5 heteroatoms. The maximum Gasteiger partial charge on any atom is 0.248 e. The topological polar surface area (TPSA) is 63.2 Å². The van der Waals surface area contributed by atoms with Crippen molar-refractivity contribution < 1.29 is 13.2 Å². The standard InChI is InChI=1S/C20H29NO3S/c1-4-5-6-7-8-9-10-18-16(3)19(22)21-20(18)25(23,24)17-13-11-15(2)12-14-17/h11-14,20H,4-10H2,1-3H3,(H,21,22). The molecular weight excluding hydrogens is 334 g/mol. The third-order valence-corrected chi connectivity index (χ3v) is 6.81. The Kier molecular flexibility index (Phi) is 6.82. The molecule has 0 bridgehead atoms. The number of sulfone groups is 1. The monoisotopic (exact) mass is 363 g/mol. The molecule has 1 aliphatic rings. The van der Waals surface area contributed by atoms with E-state index in [1.807, 2.05) is 6.92 Å². The predicted molar refractivity (Wildman–Crippen MR) is 101 cm³/mol. The van der Waals surface area contributed by atoms with Crippen molar-refractivity contribution in [3.8, 4) is 0 Å². The minimum Gasteiger partial charge on any atom is -0.332 e. The highest BCUT2D eigenvalue weighted by atomic mass is 32.2. The van der Waals surface area contributed by atoms with Gasteiger partial charge >= 0.3 is 0 Å². The normalized spacial score (nSPS) is 17.9. The fourth-order valence-corrected chi connectivity index (χ4v) is 4.92. The van der Waals surface area contributed by atoms with E-state index < -0.39 is 15.2 Å². The van der Waals surface area contributed by atoms with E-state index in [2.05, 4.69) is 12.2 Å². The number of amides is 1. The van der Waals surface area contributed by atoms with Crippen molar-refractivity contribution in [2.24, 2.45) is 0 Å². The first kappa shape index (κ1) is 19.7. The molecule has 1 heterocycles. The molecular formula is C20H29NO3S. The second kappa shape index (κ2) is 8.65. The number of nitrogens with one attached hydrogen (secondary N) is 1. The van der Waals surface area contributed by atoms with Crippen LogP contribution in [0.25, 0.3) is 0 Å². The first-order valence-electron chi connectivity index (χ1n) is 9.19. The highest BCUT2D eigenvalue weighted by Gasteiger charge is 2.38. The third kappa shape index (κ3) is 4.72. The highest BCUT2D eigenvalue weighted by Crippen LogP contribution is 2.30. The minimum absolute atomic E-state index is 0.262. The molecule has 25 heavy (non-hydrogen) atoms. The molecule has 0 aliphatic carbocycles. The van der Waals surface area contributed by atoms with Crippen molar-refractivity contribution in [3.63, 3.8) is 0 Å². The van der Waals surface area contributed by atoms with E-state index in [4.69, 9.17) is 0 Å². The minimum atomic E-state index is -3.61. The number of benzene rings is 1. The lowest BCUT2D eigenvalue weighted by Crippen LogP contribution is -2.36. The fourth-order valence-electron chi connectivity index (χ4n) is 3.20. The van der Waals surface area contributed by atoms with E-state index in [9.17, 15) is 13.2 Å². The molecule has 1 aromatic carbocycles. The third-order valence-electron chi connectivity index (χ3n) is 4.86. The summed E-state index contributed by atoms with van der Waals surface area (Å²) in [4.78, 5) is 12.3. The van der Waals surface area contributed by atoms with Crippen molar-refractivity contribution in [2.75, 3.05) is 0 Å². The summed E-state index contributed by atoms with van der Waals surface area (Å²) in [6, 6.07) is 6.81. The summed E-state index contributed by atoms with van der Waals surface area (Å²) in [6.07, 6.45) is 7.49. The molecule has 138 valence electrons. The van der Waals surface area contributed by atoms with Crippen LogP contribution in [0.5, 0.6) is 0 Å². The smallest absolute Gasteiger partial charge is 0.248 e. The maximum absolute atomic E-state index is 13.0. The summed E-state index contributed by atoms with van der Waals surface area (Å²) in [5.74, 6) is -0.262. The van der Waals surface area contributed by atoms with E-state index in [1.54, 1.807) is 31.2 Å². The number of carbonyl (C=O) groups excluding carboxylic acids is 1. The zero-order chi connectivity index (χ0) is 18.4. The van der Waals surface area contributed by atoms with Crippen LogP contribution in [0.2, 0.25) is 0 Å². The van der Waals surface area contributed by atoms with Gasteiger partial charge in [0.25, 0.3) is 0 Å². The number of hydrogen-bond donors (Lipinski definition) is 1. The van der Waals surface area contributed by atoms with Gasteiger partial charge in [-0.25, -0.2) is 8.42 Å². The van der Waals surface area contributed by atoms with Gasteiger partial charge < -0.3 is 5.32 Å². The van der Waals surface area contributed by atoms with Crippen molar-refractivity contribution in [2.45, 2.75) is 76.0 Å². The van der Waals surface area contributed by atoms with Crippen molar-refractivity contribution in [1.29, 1.82) is 0 Å². The molecule has 0 spiro atoms. The maximum atomic E-state index is 13.0. The van der Waals surface area contributed by atoms with Crippen LogP contribution in [0.4, 0.5) is 0 Å². The van der Waals surface area contributed by atoms with E-state index in [-0.39, 0.29) is 10.8 Å². The van der Waals surface area contributed by atoms with Gasteiger partial charge in [-0.3, -0.25) is 4.79 Å². The van der Waals surface area contributed by atoms with Gasteiger partial charge in [0.05, 0.1) is 4.90 Å². The molecule has 1 amide bonds. The Labute approximate surface area is 151 Å². The van der Waals surface area contributed by atoms with E-state index in [0.717, 1.165) is 30.4 Å². The number of hydrogen-bond acceptors (Lipinski definition) is 3. The van der Waals surface area contributed by atoms with Gasteiger partial charge in [0.15, 0.2) is 5.37 Å². The zero-order valence-corrected chi connectivity index (χ0v) is 16.3. The number of unbranched alkanes of at least 4 members (excludes halogenated alkanes) is 5. The van der Waals surface area contributed by atoms with Gasteiger partial charge in [-0.1, -0.05) is 56.7 Å². The number of aryl methyl sites for hydroxylation is 1. The molecule has 2 rings (SSSR count). The van der Waals surface area contributed by atoms with Gasteiger partial charge in [-0.2, -0.15) is 0 Å². The van der Waals surface area contributed by atoms with E-state index >= 15 is 0 Å². The first-order chi connectivity index (χ1) is 11.9.